The average Bonchev–Trinajstić information content (AvgIpc) is 3.00. The average molecular weight is 408 g/mol. The van der Waals surface area contributed by atoms with Crippen molar-refractivity contribution in [2.75, 3.05) is 26.0 Å². The third-order valence-corrected chi connectivity index (χ3v) is 4.77. The topological polar surface area (TPSA) is 65.4 Å². The highest BCUT2D eigenvalue weighted by Crippen LogP contribution is 2.24. The molecule has 0 saturated heterocycles. The standard InChI is InChI=1S/C17H18BrN3O2S/c1-21(11-13-9-14(18)3-4-15(13)23-2)7-5-16(22)20-17-12(10-19)6-8-24-17/h3-4,6,8-9H,5,7,11H2,1-2H3,(H,20,22). The Hall–Kier alpha value is -1.88. The van der Waals surface area contributed by atoms with E-state index in [1.54, 1.807) is 18.6 Å². The number of amides is 1. The van der Waals surface area contributed by atoms with Gasteiger partial charge in [0.05, 0.1) is 12.7 Å². The third-order valence-electron chi connectivity index (χ3n) is 3.44. The van der Waals surface area contributed by atoms with Crippen LogP contribution in [0.4, 0.5) is 5.00 Å². The van der Waals surface area contributed by atoms with E-state index in [-0.39, 0.29) is 5.91 Å². The van der Waals surface area contributed by atoms with Crippen LogP contribution < -0.4 is 10.1 Å². The molecule has 1 aromatic carbocycles. The molecule has 1 amide bonds. The Balaban J connectivity index is 1.87. The number of nitrogens with one attached hydrogen (secondary N) is 1. The van der Waals surface area contributed by atoms with Gasteiger partial charge in [-0.05, 0) is 36.7 Å². The summed E-state index contributed by atoms with van der Waals surface area (Å²) in [6.07, 6.45) is 0.357. The van der Waals surface area contributed by atoms with Crippen molar-refractivity contribution in [1.82, 2.24) is 4.90 Å². The number of hydrogen-bond acceptors (Lipinski definition) is 5. The summed E-state index contributed by atoms with van der Waals surface area (Å²) in [6, 6.07) is 9.63. The lowest BCUT2D eigenvalue weighted by atomic mass is 10.2. The molecule has 0 radical (unpaired) electrons. The minimum Gasteiger partial charge on any atom is -0.496 e. The van der Waals surface area contributed by atoms with Crippen LogP contribution in [0.15, 0.2) is 34.1 Å². The first-order chi connectivity index (χ1) is 11.5. The van der Waals surface area contributed by atoms with Crippen molar-refractivity contribution < 1.29 is 9.53 Å². The van der Waals surface area contributed by atoms with Gasteiger partial charge in [-0.1, -0.05) is 15.9 Å². The van der Waals surface area contributed by atoms with Gasteiger partial charge in [-0.2, -0.15) is 5.26 Å². The van der Waals surface area contributed by atoms with E-state index in [0.717, 1.165) is 15.8 Å². The Morgan fingerprint density at radius 1 is 1.46 bits per heavy atom. The summed E-state index contributed by atoms with van der Waals surface area (Å²) < 4.78 is 6.36. The van der Waals surface area contributed by atoms with Crippen molar-refractivity contribution in [2.24, 2.45) is 0 Å². The molecule has 7 heteroatoms. The first-order valence-electron chi connectivity index (χ1n) is 7.32. The molecule has 0 spiro atoms. The van der Waals surface area contributed by atoms with Gasteiger partial charge in [0, 0.05) is 29.5 Å². The highest BCUT2D eigenvalue weighted by molar-refractivity contribution is 9.10. The van der Waals surface area contributed by atoms with E-state index in [2.05, 4.69) is 32.2 Å². The minimum absolute atomic E-state index is 0.0954. The fourth-order valence-electron chi connectivity index (χ4n) is 2.22. The number of benzene rings is 1. The summed E-state index contributed by atoms with van der Waals surface area (Å²) in [5, 5.41) is 14.1. The second kappa shape index (κ2) is 8.83. The van der Waals surface area contributed by atoms with Crippen LogP contribution in [0.5, 0.6) is 5.75 Å². The summed E-state index contributed by atoms with van der Waals surface area (Å²) in [5.74, 6) is 0.730. The van der Waals surface area contributed by atoms with E-state index in [9.17, 15) is 4.79 Å². The predicted octanol–water partition coefficient (Wildman–Crippen LogP) is 3.85. The molecule has 0 bridgehead atoms. The fourth-order valence-corrected chi connectivity index (χ4v) is 3.38. The van der Waals surface area contributed by atoms with Crippen LogP contribution in [-0.4, -0.2) is 31.5 Å². The number of nitriles is 1. The van der Waals surface area contributed by atoms with Crippen LogP contribution >= 0.6 is 27.3 Å². The van der Waals surface area contributed by atoms with E-state index in [1.807, 2.05) is 25.2 Å². The van der Waals surface area contributed by atoms with Gasteiger partial charge >= 0.3 is 0 Å². The minimum atomic E-state index is -0.0954. The van der Waals surface area contributed by atoms with E-state index in [4.69, 9.17) is 10.00 Å². The number of ether oxygens (including phenoxy) is 1. The molecule has 24 heavy (non-hydrogen) atoms. The number of carbonyl (C=O) groups excluding carboxylic acids is 1. The fraction of sp³-hybridized carbons (Fsp3) is 0.294. The zero-order valence-corrected chi connectivity index (χ0v) is 15.9. The highest BCUT2D eigenvalue weighted by Gasteiger charge is 2.11. The molecule has 1 aromatic heterocycles. The number of halogens is 1. The Bertz CT molecular complexity index is 755. The molecule has 0 saturated carbocycles. The normalized spacial score (nSPS) is 10.5. The summed E-state index contributed by atoms with van der Waals surface area (Å²) in [5.41, 5.74) is 1.56. The van der Waals surface area contributed by atoms with Crippen molar-refractivity contribution in [1.29, 1.82) is 5.26 Å². The molecule has 5 nitrogen and oxygen atoms in total. The molecule has 2 aromatic rings. The number of anilines is 1. The van der Waals surface area contributed by atoms with Crippen molar-refractivity contribution in [3.63, 3.8) is 0 Å². The van der Waals surface area contributed by atoms with Crippen molar-refractivity contribution in [3.05, 3.63) is 45.2 Å². The maximum atomic E-state index is 12.0. The van der Waals surface area contributed by atoms with Crippen molar-refractivity contribution in [2.45, 2.75) is 13.0 Å². The quantitative estimate of drug-likeness (QED) is 0.756. The van der Waals surface area contributed by atoms with Crippen LogP contribution in [0, 0.1) is 11.3 Å². The Morgan fingerprint density at radius 3 is 2.96 bits per heavy atom. The maximum absolute atomic E-state index is 12.0. The second-order valence-electron chi connectivity index (χ2n) is 5.27. The number of carbonyl (C=O) groups is 1. The van der Waals surface area contributed by atoms with Gasteiger partial charge < -0.3 is 15.0 Å². The second-order valence-corrected chi connectivity index (χ2v) is 7.10. The number of rotatable bonds is 7. The molecule has 0 fully saturated rings. The SMILES string of the molecule is COc1ccc(Br)cc1CN(C)CCC(=O)Nc1sccc1C#N. The molecule has 0 aliphatic rings. The summed E-state index contributed by atoms with van der Waals surface area (Å²) in [6.45, 7) is 1.28. The lowest BCUT2D eigenvalue weighted by molar-refractivity contribution is -0.116. The maximum Gasteiger partial charge on any atom is 0.226 e. The zero-order chi connectivity index (χ0) is 17.5. The van der Waals surface area contributed by atoms with E-state index < -0.39 is 0 Å². The van der Waals surface area contributed by atoms with Crippen LogP contribution in [0.25, 0.3) is 0 Å². The zero-order valence-electron chi connectivity index (χ0n) is 13.5. The van der Waals surface area contributed by atoms with E-state index >= 15 is 0 Å². The van der Waals surface area contributed by atoms with Gasteiger partial charge in [0.25, 0.3) is 0 Å². The Kier molecular flexibility index (Phi) is 6.79. The van der Waals surface area contributed by atoms with Gasteiger partial charge in [-0.15, -0.1) is 11.3 Å². The molecule has 1 heterocycles. The molecule has 0 atom stereocenters. The smallest absolute Gasteiger partial charge is 0.226 e. The van der Waals surface area contributed by atoms with E-state index in [0.29, 0.717) is 30.1 Å². The van der Waals surface area contributed by atoms with Crippen LogP contribution in [0.1, 0.15) is 17.5 Å². The van der Waals surface area contributed by atoms with Gasteiger partial charge in [-0.25, -0.2) is 0 Å². The first-order valence-corrected chi connectivity index (χ1v) is 8.99. The van der Waals surface area contributed by atoms with Crippen LogP contribution in [0.2, 0.25) is 0 Å². The van der Waals surface area contributed by atoms with Gasteiger partial charge in [0.15, 0.2) is 0 Å². The van der Waals surface area contributed by atoms with Crippen molar-refractivity contribution >= 4 is 38.2 Å². The lowest BCUT2D eigenvalue weighted by Crippen LogP contribution is -2.24. The molecule has 0 aliphatic heterocycles. The monoisotopic (exact) mass is 407 g/mol. The molecular weight excluding hydrogens is 390 g/mol. The summed E-state index contributed by atoms with van der Waals surface area (Å²) in [4.78, 5) is 14.1. The van der Waals surface area contributed by atoms with Gasteiger partial charge in [0.2, 0.25) is 5.91 Å². The van der Waals surface area contributed by atoms with Gasteiger partial charge in [-0.3, -0.25) is 4.79 Å². The van der Waals surface area contributed by atoms with Gasteiger partial charge in [0.1, 0.15) is 16.8 Å². The molecule has 1 N–H and O–H groups in total. The highest BCUT2D eigenvalue weighted by atomic mass is 79.9. The predicted molar refractivity (Wildman–Crippen MR) is 99.3 cm³/mol. The van der Waals surface area contributed by atoms with Crippen molar-refractivity contribution in [3.8, 4) is 11.8 Å². The summed E-state index contributed by atoms with van der Waals surface area (Å²) in [7, 11) is 3.60. The lowest BCUT2D eigenvalue weighted by Gasteiger charge is -2.18. The molecule has 126 valence electrons. The largest absolute Gasteiger partial charge is 0.496 e. The summed E-state index contributed by atoms with van der Waals surface area (Å²) >= 11 is 4.82. The van der Waals surface area contributed by atoms with E-state index in [1.165, 1.54) is 11.3 Å². The molecule has 0 unspecified atom stereocenters. The Morgan fingerprint density at radius 2 is 2.25 bits per heavy atom. The molecule has 2 rings (SSSR count). The number of nitrogens with zero attached hydrogens (tertiary/aromatic N) is 2. The number of hydrogen-bond donors (Lipinski definition) is 1. The molecular formula is C17H18BrN3O2S. The number of methoxy groups -OCH3 is 1. The first kappa shape index (κ1) is 18.5. The Labute approximate surface area is 154 Å². The molecule has 0 aliphatic carbocycles. The van der Waals surface area contributed by atoms with Crippen LogP contribution in [-0.2, 0) is 11.3 Å². The number of thiophene rings is 1. The van der Waals surface area contributed by atoms with Crippen LogP contribution in [0.3, 0.4) is 0 Å². The third kappa shape index (κ3) is 5.06.